The fourth-order valence-corrected chi connectivity index (χ4v) is 3.70. The van der Waals surface area contributed by atoms with Gasteiger partial charge in [-0.2, -0.15) is 0 Å². The number of hydrogen-bond donors (Lipinski definition) is 8. The maximum absolute atomic E-state index is 11.0. The van der Waals surface area contributed by atoms with E-state index >= 15 is 0 Å². The van der Waals surface area contributed by atoms with Crippen LogP contribution in [0.15, 0.2) is 29.2 Å². The summed E-state index contributed by atoms with van der Waals surface area (Å²) in [6, 6.07) is 4.72. The Labute approximate surface area is 208 Å². The molecule has 1 fully saturated rings. The van der Waals surface area contributed by atoms with Gasteiger partial charge in [0, 0.05) is 10.9 Å². The van der Waals surface area contributed by atoms with Crippen LogP contribution in [0.25, 0.3) is 4.24 Å². The van der Waals surface area contributed by atoms with E-state index < -0.39 is 65.8 Å². The first-order valence-electron chi connectivity index (χ1n) is 8.96. The van der Waals surface area contributed by atoms with Crippen LogP contribution < -0.4 is 34.9 Å². The molecule has 1 aliphatic carbocycles. The zero-order valence-corrected chi connectivity index (χ0v) is 20.8. The number of benzene rings is 1. The minimum atomic E-state index is -3.62. The third-order valence-corrected chi connectivity index (χ3v) is 6.38. The standard InChI is InChI=1S/C10H21NO7.C7H7ClNO2S.Na/c12-2-5(3-13)11-6-1-10(18,4-14)9(17)8(16)7(6)15;1-6-2-4-7(5-3-6)12(10,11)9-8;/h5-9,11-18H,1-4H2;2-5H,1H3;/q;-1;+1/t6-,7-,8+,9-,10-;;/m0../s1. The number of halogens is 1. The molecule has 0 heterocycles. The van der Waals surface area contributed by atoms with Gasteiger partial charge in [0.1, 0.15) is 27.8 Å². The van der Waals surface area contributed by atoms with Gasteiger partial charge in [-0.15, -0.1) is 0 Å². The first-order chi connectivity index (χ1) is 14.0. The zero-order chi connectivity index (χ0) is 23.1. The van der Waals surface area contributed by atoms with Crippen LogP contribution in [-0.4, -0.2) is 100.0 Å². The Morgan fingerprint density at radius 3 is 2.06 bits per heavy atom. The van der Waals surface area contributed by atoms with Gasteiger partial charge >= 0.3 is 29.6 Å². The molecule has 11 nitrogen and oxygen atoms in total. The number of nitrogens with one attached hydrogen (secondary N) is 1. The number of aliphatic hydroxyl groups is 7. The van der Waals surface area contributed by atoms with Gasteiger partial charge in [-0.25, -0.2) is 8.42 Å². The van der Waals surface area contributed by atoms with E-state index in [0.29, 0.717) is 0 Å². The molecule has 0 aromatic heterocycles. The molecular weight excluding hydrogens is 467 g/mol. The molecule has 5 atom stereocenters. The molecule has 1 saturated carbocycles. The molecule has 2 rings (SSSR count). The molecule has 0 radical (unpaired) electrons. The number of rotatable bonds is 7. The van der Waals surface area contributed by atoms with E-state index in [1.807, 2.05) is 6.92 Å². The van der Waals surface area contributed by atoms with Crippen LogP contribution >= 0.6 is 11.8 Å². The maximum Gasteiger partial charge on any atom is 1.00 e. The summed E-state index contributed by atoms with van der Waals surface area (Å²) in [7, 11) is -3.62. The normalized spacial score (nSPS) is 28.5. The van der Waals surface area contributed by atoms with E-state index in [1.165, 1.54) is 12.1 Å². The van der Waals surface area contributed by atoms with Gasteiger partial charge in [0.15, 0.2) is 0 Å². The largest absolute Gasteiger partial charge is 1.00 e. The first-order valence-corrected chi connectivity index (χ1v) is 10.7. The van der Waals surface area contributed by atoms with Crippen molar-refractivity contribution in [3.05, 3.63) is 34.1 Å². The van der Waals surface area contributed by atoms with Crippen LogP contribution in [0, 0.1) is 6.92 Å². The van der Waals surface area contributed by atoms with E-state index in [4.69, 9.17) is 27.1 Å². The van der Waals surface area contributed by atoms with Crippen molar-refractivity contribution in [3.63, 3.8) is 0 Å². The van der Waals surface area contributed by atoms with Gasteiger partial charge in [-0.3, -0.25) is 11.8 Å². The van der Waals surface area contributed by atoms with E-state index in [2.05, 4.69) is 9.56 Å². The van der Waals surface area contributed by atoms with E-state index in [0.717, 1.165) is 5.56 Å². The van der Waals surface area contributed by atoms with Crippen LogP contribution in [0.5, 0.6) is 0 Å². The fraction of sp³-hybridized carbons (Fsp3) is 0.647. The van der Waals surface area contributed by atoms with Crippen molar-refractivity contribution in [2.45, 2.75) is 54.2 Å². The van der Waals surface area contributed by atoms with Gasteiger partial charge in [-0.05, 0) is 25.5 Å². The molecule has 1 aliphatic rings. The van der Waals surface area contributed by atoms with E-state index in [1.54, 1.807) is 12.1 Å². The van der Waals surface area contributed by atoms with Gasteiger partial charge in [-0.1, -0.05) is 17.7 Å². The van der Waals surface area contributed by atoms with Crippen molar-refractivity contribution >= 4 is 21.8 Å². The SMILES string of the molecule is Cc1ccc(S(=O)(=O)[N-]Cl)cc1.OCC(CO)N[C@H]1C[C@](O)(CO)[C@@H](O)[C@H](O)[C@H]1O.[Na+]. The second-order valence-corrected chi connectivity index (χ2v) is 9.06. The summed E-state index contributed by atoms with van der Waals surface area (Å²) in [6.45, 7) is 0.305. The summed E-state index contributed by atoms with van der Waals surface area (Å²) in [6.07, 6.45) is -4.91. The van der Waals surface area contributed by atoms with Crippen molar-refractivity contribution in [2.24, 2.45) is 0 Å². The van der Waals surface area contributed by atoms with E-state index in [9.17, 15) is 28.8 Å². The third kappa shape index (κ3) is 8.43. The molecule has 0 unspecified atom stereocenters. The van der Waals surface area contributed by atoms with Crippen molar-refractivity contribution in [2.75, 3.05) is 19.8 Å². The summed E-state index contributed by atoms with van der Waals surface area (Å²) >= 11 is 4.90. The fourth-order valence-electron chi connectivity index (χ4n) is 2.90. The number of sulfonamides is 1. The van der Waals surface area contributed by atoms with Gasteiger partial charge in [0.2, 0.25) is 0 Å². The molecule has 31 heavy (non-hydrogen) atoms. The predicted molar refractivity (Wildman–Crippen MR) is 107 cm³/mol. The predicted octanol–water partition coefficient (Wildman–Crippen LogP) is -5.28. The number of aryl methyl sites for hydroxylation is 1. The van der Waals surface area contributed by atoms with Crippen LogP contribution in [0.4, 0.5) is 0 Å². The number of nitrogens with zero attached hydrogens (tertiary/aromatic N) is 1. The van der Waals surface area contributed by atoms with E-state index in [-0.39, 0.29) is 40.9 Å². The Bertz CT molecular complexity index is 754. The molecular formula is C17H28ClN2NaO9S. The molecule has 0 aliphatic heterocycles. The molecule has 174 valence electrons. The Morgan fingerprint density at radius 2 is 1.65 bits per heavy atom. The smallest absolute Gasteiger partial charge is 0.458 e. The molecule has 0 spiro atoms. The third-order valence-electron chi connectivity index (χ3n) is 4.78. The second kappa shape index (κ2) is 13.7. The Morgan fingerprint density at radius 1 is 1.13 bits per heavy atom. The number of aliphatic hydroxyl groups excluding tert-OH is 6. The Hall–Kier alpha value is 0.1000. The summed E-state index contributed by atoms with van der Waals surface area (Å²) in [5, 5.41) is 68.4. The van der Waals surface area contributed by atoms with Crippen LogP contribution in [0.2, 0.25) is 0 Å². The van der Waals surface area contributed by atoms with Crippen LogP contribution in [-0.2, 0) is 10.0 Å². The monoisotopic (exact) mass is 494 g/mol. The molecule has 1 aromatic rings. The van der Waals surface area contributed by atoms with Gasteiger partial charge in [0.25, 0.3) is 0 Å². The maximum atomic E-state index is 11.0. The topological polar surface area (TPSA) is 202 Å². The average Bonchev–Trinajstić information content (AvgIpc) is 2.74. The van der Waals surface area contributed by atoms with Crippen molar-refractivity contribution in [1.82, 2.24) is 5.32 Å². The average molecular weight is 495 g/mol. The molecule has 0 bridgehead atoms. The molecule has 0 saturated heterocycles. The molecule has 8 N–H and O–H groups in total. The van der Waals surface area contributed by atoms with Gasteiger partial charge < -0.3 is 45.3 Å². The summed E-state index contributed by atoms with van der Waals surface area (Å²) < 4.78 is 24.8. The molecule has 0 amide bonds. The number of hydrogen-bond acceptors (Lipinski definition) is 10. The van der Waals surface area contributed by atoms with Crippen LogP contribution in [0.1, 0.15) is 12.0 Å². The van der Waals surface area contributed by atoms with Crippen molar-refractivity contribution < 1.29 is 73.7 Å². The van der Waals surface area contributed by atoms with Crippen molar-refractivity contribution in [1.29, 1.82) is 0 Å². The Kier molecular flexibility index (Phi) is 13.8. The van der Waals surface area contributed by atoms with Gasteiger partial charge in [0.05, 0.1) is 32.0 Å². The molecule has 1 aromatic carbocycles. The summed E-state index contributed by atoms with van der Waals surface area (Å²) in [4.78, 5) is 0.114. The quantitative estimate of drug-likeness (QED) is 0.169. The molecule has 14 heteroatoms. The first kappa shape index (κ1) is 31.1. The Balaban J connectivity index is 0.000000605. The minimum Gasteiger partial charge on any atom is -0.458 e. The second-order valence-electron chi connectivity index (χ2n) is 7.08. The van der Waals surface area contributed by atoms with Crippen LogP contribution in [0.3, 0.4) is 0 Å². The summed E-state index contributed by atoms with van der Waals surface area (Å²) in [5.74, 6) is 0. The summed E-state index contributed by atoms with van der Waals surface area (Å²) in [5.41, 5.74) is -0.949. The zero-order valence-electron chi connectivity index (χ0n) is 17.2. The minimum absolute atomic E-state index is 0. The van der Waals surface area contributed by atoms with Crippen molar-refractivity contribution in [3.8, 4) is 0 Å².